The third-order valence-electron chi connectivity index (χ3n) is 4.23. The molecule has 0 radical (unpaired) electrons. The monoisotopic (exact) mass is 389 g/mol. The molecule has 3 aromatic heterocycles. The first-order valence-corrected chi connectivity index (χ1v) is 8.87. The number of methoxy groups -OCH3 is 1. The summed E-state index contributed by atoms with van der Waals surface area (Å²) in [6.45, 7) is 0.0640. The summed E-state index contributed by atoms with van der Waals surface area (Å²) in [5, 5.41) is 10.7. The molecule has 9 heteroatoms. The summed E-state index contributed by atoms with van der Waals surface area (Å²) in [6.07, 6.45) is 3.48. The number of nitrogens with zero attached hydrogens (tertiary/aromatic N) is 4. The summed E-state index contributed by atoms with van der Waals surface area (Å²) in [4.78, 5) is 19.6. The second-order valence-electron chi connectivity index (χ2n) is 6.25. The Kier molecular flexibility index (Phi) is 4.93. The van der Waals surface area contributed by atoms with E-state index in [0.29, 0.717) is 11.8 Å². The molecule has 1 amide bonds. The normalized spacial score (nSPS) is 10.7. The van der Waals surface area contributed by atoms with Crippen molar-refractivity contribution in [3.63, 3.8) is 0 Å². The molecule has 0 aliphatic rings. The predicted octanol–water partition coefficient (Wildman–Crippen LogP) is 2.44. The Balaban J connectivity index is 1.60. The van der Waals surface area contributed by atoms with Gasteiger partial charge in [0.05, 0.1) is 31.1 Å². The Morgan fingerprint density at radius 2 is 1.97 bits per heavy atom. The summed E-state index contributed by atoms with van der Waals surface area (Å²) in [7, 11) is 1.58. The number of fused-ring (bicyclic) bond motifs is 1. The van der Waals surface area contributed by atoms with Crippen molar-refractivity contribution in [2.75, 3.05) is 24.3 Å². The number of rotatable bonds is 7. The van der Waals surface area contributed by atoms with Crippen molar-refractivity contribution < 1.29 is 9.53 Å². The number of carbonyl (C=O) groups excluding carboxylic acids is 1. The van der Waals surface area contributed by atoms with E-state index in [9.17, 15) is 4.79 Å². The lowest BCUT2D eigenvalue weighted by molar-refractivity contribution is -0.116. The Morgan fingerprint density at radius 1 is 1.10 bits per heavy atom. The van der Waals surface area contributed by atoms with Crippen LogP contribution in [0.2, 0.25) is 0 Å². The fourth-order valence-electron chi connectivity index (χ4n) is 2.86. The van der Waals surface area contributed by atoms with Crippen LogP contribution in [0.25, 0.3) is 16.8 Å². The van der Waals surface area contributed by atoms with E-state index in [1.807, 2.05) is 42.5 Å². The van der Waals surface area contributed by atoms with E-state index in [1.54, 1.807) is 30.1 Å². The summed E-state index contributed by atoms with van der Waals surface area (Å²) in [5.74, 6) is 0.560. The van der Waals surface area contributed by atoms with Crippen LogP contribution >= 0.6 is 0 Å². The largest absolute Gasteiger partial charge is 0.481 e. The quantitative estimate of drug-likeness (QED) is 0.444. The molecule has 0 aliphatic heterocycles. The second kappa shape index (κ2) is 7.85. The molecule has 0 aliphatic carbocycles. The van der Waals surface area contributed by atoms with Crippen molar-refractivity contribution in [2.45, 2.75) is 0 Å². The van der Waals surface area contributed by atoms with Crippen LogP contribution in [-0.4, -0.2) is 39.1 Å². The van der Waals surface area contributed by atoms with E-state index in [1.165, 1.54) is 0 Å². The van der Waals surface area contributed by atoms with Crippen molar-refractivity contribution in [2.24, 2.45) is 5.73 Å². The number of benzene rings is 1. The zero-order valence-corrected chi connectivity index (χ0v) is 15.7. The number of aromatic nitrogens is 4. The van der Waals surface area contributed by atoms with Gasteiger partial charge < -0.3 is 21.1 Å². The minimum Gasteiger partial charge on any atom is -0.481 e. The highest BCUT2D eigenvalue weighted by Crippen LogP contribution is 2.24. The fourth-order valence-corrected chi connectivity index (χ4v) is 2.86. The van der Waals surface area contributed by atoms with Crippen LogP contribution in [-0.2, 0) is 4.79 Å². The zero-order chi connectivity index (χ0) is 20.2. The van der Waals surface area contributed by atoms with Gasteiger partial charge in [-0.05, 0) is 36.4 Å². The number of pyridine rings is 1. The van der Waals surface area contributed by atoms with Crippen molar-refractivity contribution in [3.8, 4) is 17.1 Å². The van der Waals surface area contributed by atoms with Crippen molar-refractivity contribution >= 4 is 28.7 Å². The molecule has 0 saturated carbocycles. The Labute approximate surface area is 166 Å². The number of anilines is 3. The van der Waals surface area contributed by atoms with Crippen LogP contribution in [0.4, 0.5) is 17.3 Å². The van der Waals surface area contributed by atoms with E-state index in [4.69, 9.17) is 10.5 Å². The number of primary amides is 1. The maximum absolute atomic E-state index is 10.9. The smallest absolute Gasteiger partial charge is 0.245 e. The number of ether oxygens (including phenoxy) is 1. The van der Waals surface area contributed by atoms with Crippen molar-refractivity contribution in [1.29, 1.82) is 0 Å². The van der Waals surface area contributed by atoms with Crippen molar-refractivity contribution in [1.82, 2.24) is 19.6 Å². The van der Waals surface area contributed by atoms with Gasteiger partial charge in [-0.1, -0.05) is 6.07 Å². The Bertz CT molecular complexity index is 1160. The van der Waals surface area contributed by atoms with Gasteiger partial charge in [0.15, 0.2) is 0 Å². The highest BCUT2D eigenvalue weighted by atomic mass is 16.5. The lowest BCUT2D eigenvalue weighted by Crippen LogP contribution is -2.21. The van der Waals surface area contributed by atoms with E-state index < -0.39 is 5.91 Å². The molecule has 4 rings (SSSR count). The molecule has 4 N–H and O–H groups in total. The van der Waals surface area contributed by atoms with Crippen LogP contribution in [0.5, 0.6) is 5.88 Å². The lowest BCUT2D eigenvalue weighted by Gasteiger charge is -2.09. The van der Waals surface area contributed by atoms with Gasteiger partial charge in [0.25, 0.3) is 0 Å². The van der Waals surface area contributed by atoms with Crippen LogP contribution in [0.15, 0.2) is 60.9 Å². The molecule has 4 aromatic rings. The maximum Gasteiger partial charge on any atom is 0.245 e. The molecular weight excluding hydrogens is 370 g/mol. The minimum atomic E-state index is -0.426. The average molecular weight is 389 g/mol. The number of hydrogen-bond acceptors (Lipinski definition) is 7. The number of nitrogens with one attached hydrogen (secondary N) is 2. The van der Waals surface area contributed by atoms with E-state index >= 15 is 0 Å². The molecule has 0 saturated heterocycles. The third-order valence-corrected chi connectivity index (χ3v) is 4.23. The number of hydrogen-bond donors (Lipinski definition) is 3. The molecule has 0 fully saturated rings. The molecule has 0 atom stereocenters. The molecule has 29 heavy (non-hydrogen) atoms. The molecule has 3 heterocycles. The number of amides is 1. The van der Waals surface area contributed by atoms with Crippen molar-refractivity contribution in [3.05, 3.63) is 60.9 Å². The standard InChI is InChI=1S/C20H19N7O2/c1-29-19-8-5-13(10-23-19)17-7-6-16-11-24-20(26-27(16)17)25-15-4-2-3-14(9-15)22-12-18(21)28/h2-11,22H,12H2,1H3,(H2,21,28)(H,25,26). The maximum atomic E-state index is 10.9. The molecule has 9 nitrogen and oxygen atoms in total. The van der Waals surface area contributed by atoms with Gasteiger partial charge in [-0.3, -0.25) is 4.79 Å². The number of nitrogens with two attached hydrogens (primary N) is 1. The van der Waals surface area contributed by atoms with Gasteiger partial charge in [-0.2, -0.15) is 0 Å². The van der Waals surface area contributed by atoms with Gasteiger partial charge in [-0.25, -0.2) is 14.5 Å². The van der Waals surface area contributed by atoms with Crippen LogP contribution in [0, 0.1) is 0 Å². The first-order valence-electron chi connectivity index (χ1n) is 8.87. The van der Waals surface area contributed by atoms with E-state index in [2.05, 4.69) is 25.7 Å². The van der Waals surface area contributed by atoms with E-state index in [0.717, 1.165) is 28.1 Å². The summed E-state index contributed by atoms with van der Waals surface area (Å²) < 4.78 is 6.91. The molecule has 146 valence electrons. The van der Waals surface area contributed by atoms with Crippen LogP contribution in [0.3, 0.4) is 0 Å². The molecule has 0 spiro atoms. The number of carbonyl (C=O) groups is 1. The minimum absolute atomic E-state index is 0.0640. The summed E-state index contributed by atoms with van der Waals surface area (Å²) >= 11 is 0. The third kappa shape index (κ3) is 4.08. The Hall–Kier alpha value is -4.14. The molecular formula is C20H19N7O2. The van der Waals surface area contributed by atoms with Gasteiger partial charge in [-0.15, -0.1) is 5.10 Å². The molecule has 0 bridgehead atoms. The Morgan fingerprint density at radius 3 is 2.72 bits per heavy atom. The summed E-state index contributed by atoms with van der Waals surface area (Å²) in [5.41, 5.74) is 9.37. The highest BCUT2D eigenvalue weighted by Gasteiger charge is 2.09. The summed E-state index contributed by atoms with van der Waals surface area (Å²) in [6, 6.07) is 15.1. The SMILES string of the molecule is COc1ccc(-c2ccc3cnc(Nc4cccc(NCC(N)=O)c4)nn23)cn1. The fraction of sp³-hybridized carbons (Fsp3) is 0.100. The average Bonchev–Trinajstić information content (AvgIpc) is 3.16. The van der Waals surface area contributed by atoms with Crippen LogP contribution < -0.4 is 21.1 Å². The predicted molar refractivity (Wildman–Crippen MR) is 110 cm³/mol. The highest BCUT2D eigenvalue weighted by molar-refractivity contribution is 5.79. The van der Waals surface area contributed by atoms with Gasteiger partial charge in [0.2, 0.25) is 17.7 Å². The molecule has 1 aromatic carbocycles. The van der Waals surface area contributed by atoms with Gasteiger partial charge in [0, 0.05) is 29.2 Å². The zero-order valence-electron chi connectivity index (χ0n) is 15.7. The topological polar surface area (TPSA) is 119 Å². The second-order valence-corrected chi connectivity index (χ2v) is 6.25. The first-order chi connectivity index (χ1) is 14.1. The molecule has 0 unspecified atom stereocenters. The van der Waals surface area contributed by atoms with Gasteiger partial charge >= 0.3 is 0 Å². The van der Waals surface area contributed by atoms with E-state index in [-0.39, 0.29) is 6.54 Å². The first kappa shape index (κ1) is 18.2. The van der Waals surface area contributed by atoms with Crippen LogP contribution in [0.1, 0.15) is 0 Å². The lowest BCUT2D eigenvalue weighted by atomic mass is 10.2. The van der Waals surface area contributed by atoms with Gasteiger partial charge in [0.1, 0.15) is 0 Å².